The number of hydrogen-bond acceptors (Lipinski definition) is 6. The zero-order chi connectivity index (χ0) is 19.8. The van der Waals surface area contributed by atoms with E-state index in [4.69, 9.17) is 0 Å². The Morgan fingerprint density at radius 1 is 1.43 bits per heavy atom. The van der Waals surface area contributed by atoms with E-state index in [1.54, 1.807) is 13.1 Å². The van der Waals surface area contributed by atoms with Crippen LogP contribution in [0.4, 0.5) is 19.0 Å². The number of alkyl halides is 3. The van der Waals surface area contributed by atoms with E-state index in [-0.39, 0.29) is 0 Å². The monoisotopic (exact) mass is 393 g/mol. The maximum Gasteiger partial charge on any atom is 0.258 e. The van der Waals surface area contributed by atoms with Crippen LogP contribution in [0, 0.1) is 6.92 Å². The van der Waals surface area contributed by atoms with Gasteiger partial charge in [0.05, 0.1) is 5.39 Å². The molecule has 0 saturated carbocycles. The number of halogens is 3. The second kappa shape index (κ2) is 7.21. The van der Waals surface area contributed by atoms with Crippen molar-refractivity contribution < 1.29 is 18.0 Å². The first-order valence-corrected chi connectivity index (χ1v) is 8.85. The Labute approximate surface area is 157 Å². The molecular weight excluding hydrogens is 375 g/mol. The van der Waals surface area contributed by atoms with Gasteiger partial charge in [0.15, 0.2) is 17.5 Å². The number of anilines is 1. The summed E-state index contributed by atoms with van der Waals surface area (Å²) in [5, 5.41) is 12.2. The minimum atomic E-state index is -2.52. The van der Waals surface area contributed by atoms with Crippen molar-refractivity contribution in [3.63, 3.8) is 0 Å². The smallest absolute Gasteiger partial charge is 0.258 e. The molecule has 1 fully saturated rings. The molecule has 0 bridgehead atoms. The van der Waals surface area contributed by atoms with Gasteiger partial charge in [0.2, 0.25) is 6.17 Å². The van der Waals surface area contributed by atoms with Crippen molar-refractivity contribution in [1.29, 1.82) is 0 Å². The Morgan fingerprint density at radius 3 is 3.04 bits per heavy atom. The summed E-state index contributed by atoms with van der Waals surface area (Å²) in [6, 6.07) is 1.42. The number of fused-ring (bicyclic) bond motifs is 3. The molecule has 3 aromatic rings. The van der Waals surface area contributed by atoms with Gasteiger partial charge in [0, 0.05) is 30.7 Å². The molecule has 11 heteroatoms. The van der Waals surface area contributed by atoms with Crippen LogP contribution in [0.5, 0.6) is 0 Å². The number of H-pyrrole nitrogens is 1. The normalized spacial score (nSPS) is 19.3. The van der Waals surface area contributed by atoms with Gasteiger partial charge in [0.25, 0.3) is 5.91 Å². The van der Waals surface area contributed by atoms with E-state index in [2.05, 4.69) is 30.5 Å². The number of carbonyl (C=O) groups is 1. The third kappa shape index (κ3) is 3.20. The number of carbonyl (C=O) groups excluding carboxylic acids is 1. The molecule has 148 valence electrons. The number of aromatic nitrogens is 5. The third-order valence-electron chi connectivity index (χ3n) is 4.78. The van der Waals surface area contributed by atoms with Crippen molar-refractivity contribution in [2.75, 3.05) is 24.7 Å². The van der Waals surface area contributed by atoms with Crippen LogP contribution in [0.1, 0.15) is 12.2 Å². The number of rotatable bonds is 5. The molecule has 0 aliphatic carbocycles. The molecule has 0 spiro atoms. The lowest BCUT2D eigenvalue weighted by Crippen LogP contribution is -2.44. The number of amides is 1. The highest BCUT2D eigenvalue weighted by Gasteiger charge is 2.33. The average molecular weight is 393 g/mol. The molecule has 3 atom stereocenters. The summed E-state index contributed by atoms with van der Waals surface area (Å²) < 4.78 is 38.9. The van der Waals surface area contributed by atoms with Crippen molar-refractivity contribution in [2.24, 2.45) is 0 Å². The number of aromatic amines is 1. The quantitative estimate of drug-likeness (QED) is 0.682. The fraction of sp³-hybridized carbons (Fsp3) is 0.471. The van der Waals surface area contributed by atoms with Crippen molar-refractivity contribution in [2.45, 2.75) is 31.7 Å². The van der Waals surface area contributed by atoms with E-state index in [0.717, 1.165) is 10.8 Å². The van der Waals surface area contributed by atoms with E-state index in [1.165, 1.54) is 0 Å². The van der Waals surface area contributed by atoms with E-state index in [1.807, 2.05) is 11.0 Å². The maximum absolute atomic E-state index is 13.6. The fourth-order valence-electron chi connectivity index (χ4n) is 3.43. The number of aryl methyl sites for hydroxylation is 1. The van der Waals surface area contributed by atoms with Gasteiger partial charge >= 0.3 is 0 Å². The first kappa shape index (κ1) is 18.4. The van der Waals surface area contributed by atoms with Crippen molar-refractivity contribution in [3.8, 4) is 0 Å². The lowest BCUT2D eigenvalue weighted by molar-refractivity contribution is -0.129. The Balaban J connectivity index is 1.60. The highest BCUT2D eigenvalue weighted by molar-refractivity contribution is 6.07. The molecule has 1 aliphatic rings. The molecule has 8 nitrogen and oxygen atoms in total. The van der Waals surface area contributed by atoms with Gasteiger partial charge in [0.1, 0.15) is 18.3 Å². The van der Waals surface area contributed by atoms with E-state index in [9.17, 15) is 18.0 Å². The van der Waals surface area contributed by atoms with Crippen LogP contribution in [-0.4, -0.2) is 69.2 Å². The molecule has 4 rings (SSSR count). The maximum atomic E-state index is 13.6. The molecule has 1 saturated heterocycles. The van der Waals surface area contributed by atoms with Gasteiger partial charge in [-0.2, -0.15) is 0 Å². The Bertz CT molecular complexity index is 1030. The topological polar surface area (TPSA) is 99.7 Å². The highest BCUT2D eigenvalue weighted by Crippen LogP contribution is 2.30. The van der Waals surface area contributed by atoms with Crippen LogP contribution in [0.2, 0.25) is 0 Å². The predicted molar refractivity (Wildman–Crippen MR) is 96.2 cm³/mol. The van der Waals surface area contributed by atoms with Crippen molar-refractivity contribution in [3.05, 3.63) is 18.1 Å². The van der Waals surface area contributed by atoms with Crippen molar-refractivity contribution in [1.82, 2.24) is 30.5 Å². The van der Waals surface area contributed by atoms with Crippen LogP contribution in [0.25, 0.3) is 22.1 Å². The van der Waals surface area contributed by atoms with Crippen LogP contribution in [-0.2, 0) is 4.79 Å². The summed E-state index contributed by atoms with van der Waals surface area (Å²) >= 11 is 0. The fourth-order valence-corrected chi connectivity index (χ4v) is 3.43. The SMILES string of the molecule is Cc1nc(N2CCC(NC(=O)C(F)C(F)CF)C2)c2c(nnc3nccc32)[nH]1. The predicted octanol–water partition coefficient (Wildman–Crippen LogP) is 1.55. The summed E-state index contributed by atoms with van der Waals surface area (Å²) in [6.07, 6.45) is -2.81. The van der Waals surface area contributed by atoms with Crippen LogP contribution in [0.15, 0.2) is 12.3 Å². The molecule has 0 aromatic carbocycles. The van der Waals surface area contributed by atoms with Gasteiger partial charge in [-0.25, -0.2) is 23.1 Å². The number of nitrogens with zero attached hydrogens (tertiary/aromatic N) is 5. The van der Waals surface area contributed by atoms with Gasteiger partial charge in [-0.1, -0.05) is 0 Å². The molecule has 0 radical (unpaired) electrons. The van der Waals surface area contributed by atoms with Crippen LogP contribution in [0.3, 0.4) is 0 Å². The van der Waals surface area contributed by atoms with E-state index >= 15 is 0 Å². The molecular formula is C17H18F3N7O. The number of hydrogen-bond donors (Lipinski definition) is 2. The van der Waals surface area contributed by atoms with Gasteiger partial charge in [-0.3, -0.25) is 4.79 Å². The summed E-state index contributed by atoms with van der Waals surface area (Å²) in [7, 11) is 0. The zero-order valence-electron chi connectivity index (χ0n) is 15.0. The molecule has 1 amide bonds. The summed E-state index contributed by atoms with van der Waals surface area (Å²) in [4.78, 5) is 25.6. The lowest BCUT2D eigenvalue weighted by atomic mass is 10.2. The standard InChI is InChI=1S/C17H18F3N7O/c1-8-22-15-12(10-2-4-21-14(10)25-26-15)16(23-8)27-5-3-9(7-27)24-17(28)13(20)11(19)6-18/h2,4,9,11,13H,3,5-7H2,1H3,(H,24,28)(H,22,23,26). The molecule has 28 heavy (non-hydrogen) atoms. The molecule has 3 unspecified atom stereocenters. The Hall–Kier alpha value is -2.98. The second-order valence-corrected chi connectivity index (χ2v) is 6.76. The van der Waals surface area contributed by atoms with Gasteiger partial charge in [-0.05, 0) is 19.4 Å². The van der Waals surface area contributed by atoms with E-state index < -0.39 is 31.0 Å². The van der Waals surface area contributed by atoms with E-state index in [0.29, 0.717) is 42.4 Å². The minimum Gasteiger partial charge on any atom is -0.354 e. The minimum absolute atomic E-state index is 0.356. The number of nitrogens with one attached hydrogen (secondary N) is 2. The van der Waals surface area contributed by atoms with Crippen LogP contribution < -0.4 is 10.2 Å². The molecule has 3 aromatic heterocycles. The highest BCUT2D eigenvalue weighted by atomic mass is 19.2. The second-order valence-electron chi connectivity index (χ2n) is 6.76. The lowest BCUT2D eigenvalue weighted by Gasteiger charge is -2.21. The first-order valence-electron chi connectivity index (χ1n) is 8.85. The van der Waals surface area contributed by atoms with Crippen molar-refractivity contribution >= 4 is 33.8 Å². The summed E-state index contributed by atoms with van der Waals surface area (Å²) in [5.74, 6) is 0.149. The Kier molecular flexibility index (Phi) is 4.73. The summed E-state index contributed by atoms with van der Waals surface area (Å²) in [6.45, 7) is 1.16. The van der Waals surface area contributed by atoms with Crippen LogP contribution >= 0.6 is 0 Å². The van der Waals surface area contributed by atoms with Gasteiger partial charge < -0.3 is 15.2 Å². The third-order valence-corrected chi connectivity index (χ3v) is 4.78. The molecule has 1 aliphatic heterocycles. The zero-order valence-corrected chi connectivity index (χ0v) is 15.0. The average Bonchev–Trinajstić information content (AvgIpc) is 3.35. The molecule has 2 N–H and O–H groups in total. The van der Waals surface area contributed by atoms with Gasteiger partial charge in [-0.15, -0.1) is 10.2 Å². The molecule has 4 heterocycles. The summed E-state index contributed by atoms with van der Waals surface area (Å²) in [5.41, 5.74) is 1.06. The Morgan fingerprint density at radius 2 is 2.25 bits per heavy atom. The first-order chi connectivity index (χ1) is 13.5. The largest absolute Gasteiger partial charge is 0.354 e.